The number of carbonyl (C=O) groups is 2. The predicted molar refractivity (Wildman–Crippen MR) is 82.3 cm³/mol. The zero-order valence-electron chi connectivity index (χ0n) is 13.4. The van der Waals surface area contributed by atoms with Crippen molar-refractivity contribution in [3.05, 3.63) is 23.9 Å². The standard InChI is InChI=1S/C16H22N2O5/c1-3-6-16(15(21)22)10-18(8-5-12(16)19)14(20)11-4-7-17-13(9-11)23-2/h4,7,9,12,19H,3,5-6,8,10H2,1-2H3,(H,21,22)/t12-,16+/m0/s1. The molecule has 7 heteroatoms. The summed E-state index contributed by atoms with van der Waals surface area (Å²) in [5.74, 6) is -1.01. The zero-order chi connectivity index (χ0) is 17.0. The number of rotatable bonds is 5. The van der Waals surface area contributed by atoms with Crippen molar-refractivity contribution in [2.45, 2.75) is 32.3 Å². The lowest BCUT2D eigenvalue weighted by atomic mass is 9.74. The van der Waals surface area contributed by atoms with Gasteiger partial charge in [0.1, 0.15) is 5.41 Å². The minimum atomic E-state index is -1.31. The van der Waals surface area contributed by atoms with E-state index in [-0.39, 0.29) is 18.9 Å². The van der Waals surface area contributed by atoms with Crippen LogP contribution < -0.4 is 4.74 Å². The van der Waals surface area contributed by atoms with E-state index in [1.54, 1.807) is 6.07 Å². The quantitative estimate of drug-likeness (QED) is 0.844. The largest absolute Gasteiger partial charge is 0.481 e. The topological polar surface area (TPSA) is 100.0 Å². The van der Waals surface area contributed by atoms with E-state index in [4.69, 9.17) is 4.74 Å². The molecule has 1 amide bonds. The molecule has 0 radical (unpaired) electrons. The number of carboxylic acid groups (broad SMARTS) is 1. The molecule has 2 rings (SSSR count). The first kappa shape index (κ1) is 17.2. The van der Waals surface area contributed by atoms with Crippen molar-refractivity contribution in [1.29, 1.82) is 0 Å². The summed E-state index contributed by atoms with van der Waals surface area (Å²) < 4.78 is 5.01. The van der Waals surface area contributed by atoms with E-state index < -0.39 is 17.5 Å². The molecule has 0 aromatic carbocycles. The molecule has 23 heavy (non-hydrogen) atoms. The summed E-state index contributed by atoms with van der Waals surface area (Å²) in [7, 11) is 1.46. The average Bonchev–Trinajstić information content (AvgIpc) is 2.56. The molecule has 0 bridgehead atoms. The summed E-state index contributed by atoms with van der Waals surface area (Å²) in [4.78, 5) is 29.9. The number of aliphatic hydroxyl groups is 1. The lowest BCUT2D eigenvalue weighted by molar-refractivity contribution is -0.162. The van der Waals surface area contributed by atoms with E-state index in [9.17, 15) is 19.8 Å². The second kappa shape index (κ2) is 6.95. The number of piperidine rings is 1. The second-order valence-corrected chi connectivity index (χ2v) is 5.83. The van der Waals surface area contributed by atoms with Gasteiger partial charge in [0.15, 0.2) is 0 Å². The van der Waals surface area contributed by atoms with E-state index in [0.717, 1.165) is 0 Å². The van der Waals surface area contributed by atoms with Crippen molar-refractivity contribution in [2.75, 3.05) is 20.2 Å². The lowest BCUT2D eigenvalue weighted by Crippen LogP contribution is -2.57. The predicted octanol–water partition coefficient (Wildman–Crippen LogP) is 1.17. The molecule has 1 aromatic heterocycles. The molecule has 1 aromatic rings. The molecule has 0 spiro atoms. The van der Waals surface area contributed by atoms with Crippen LogP contribution in [-0.4, -0.2) is 58.3 Å². The van der Waals surface area contributed by atoms with Crippen molar-refractivity contribution in [1.82, 2.24) is 9.88 Å². The number of aliphatic hydroxyl groups excluding tert-OH is 1. The number of amides is 1. The van der Waals surface area contributed by atoms with Crippen LogP contribution in [0.15, 0.2) is 18.3 Å². The second-order valence-electron chi connectivity index (χ2n) is 5.83. The Morgan fingerprint density at radius 1 is 1.52 bits per heavy atom. The summed E-state index contributed by atoms with van der Waals surface area (Å²) in [6, 6.07) is 3.09. The van der Waals surface area contributed by atoms with Gasteiger partial charge in [-0.2, -0.15) is 0 Å². The van der Waals surface area contributed by atoms with E-state index in [2.05, 4.69) is 4.98 Å². The molecular formula is C16H22N2O5. The van der Waals surface area contributed by atoms with Crippen LogP contribution in [0.5, 0.6) is 5.88 Å². The third-order valence-corrected chi connectivity index (χ3v) is 4.38. The number of ether oxygens (including phenoxy) is 1. The van der Waals surface area contributed by atoms with Gasteiger partial charge in [-0.05, 0) is 18.9 Å². The number of likely N-dealkylation sites (tertiary alicyclic amines) is 1. The van der Waals surface area contributed by atoms with Crippen LogP contribution in [0.4, 0.5) is 0 Å². The van der Waals surface area contributed by atoms with Crippen molar-refractivity contribution in [3.8, 4) is 5.88 Å². The van der Waals surface area contributed by atoms with Gasteiger partial charge in [-0.25, -0.2) is 4.98 Å². The van der Waals surface area contributed by atoms with E-state index in [0.29, 0.717) is 30.8 Å². The molecule has 7 nitrogen and oxygen atoms in total. The van der Waals surface area contributed by atoms with Crippen LogP contribution in [0.3, 0.4) is 0 Å². The molecule has 2 N–H and O–H groups in total. The van der Waals surface area contributed by atoms with Crippen molar-refractivity contribution < 1.29 is 24.5 Å². The maximum atomic E-state index is 12.7. The third-order valence-electron chi connectivity index (χ3n) is 4.38. The minimum Gasteiger partial charge on any atom is -0.481 e. The number of aromatic nitrogens is 1. The monoisotopic (exact) mass is 322 g/mol. The van der Waals surface area contributed by atoms with Gasteiger partial charge in [-0.3, -0.25) is 9.59 Å². The number of hydrogen-bond acceptors (Lipinski definition) is 5. The van der Waals surface area contributed by atoms with Crippen LogP contribution in [0.1, 0.15) is 36.5 Å². The average molecular weight is 322 g/mol. The van der Waals surface area contributed by atoms with E-state index >= 15 is 0 Å². The van der Waals surface area contributed by atoms with Gasteiger partial charge in [-0.15, -0.1) is 0 Å². The highest BCUT2D eigenvalue weighted by Gasteiger charge is 2.49. The maximum Gasteiger partial charge on any atom is 0.314 e. The first-order chi connectivity index (χ1) is 10.9. The molecule has 1 saturated heterocycles. The first-order valence-electron chi connectivity index (χ1n) is 7.65. The fourth-order valence-electron chi connectivity index (χ4n) is 3.10. The summed E-state index contributed by atoms with van der Waals surface area (Å²) in [6.45, 7) is 2.19. The Hall–Kier alpha value is -2.15. The van der Waals surface area contributed by atoms with Gasteiger partial charge in [0.2, 0.25) is 5.88 Å². The van der Waals surface area contributed by atoms with Crippen molar-refractivity contribution >= 4 is 11.9 Å². The molecule has 1 aliphatic rings. The Balaban J connectivity index is 2.26. The smallest absolute Gasteiger partial charge is 0.314 e. The Morgan fingerprint density at radius 3 is 2.87 bits per heavy atom. The fourth-order valence-corrected chi connectivity index (χ4v) is 3.10. The van der Waals surface area contributed by atoms with Crippen LogP contribution in [-0.2, 0) is 4.79 Å². The van der Waals surface area contributed by atoms with Gasteiger partial charge >= 0.3 is 5.97 Å². The van der Waals surface area contributed by atoms with Gasteiger partial charge < -0.3 is 19.8 Å². The lowest BCUT2D eigenvalue weighted by Gasteiger charge is -2.43. The molecule has 126 valence electrons. The number of aliphatic carboxylic acids is 1. The first-order valence-corrected chi connectivity index (χ1v) is 7.65. The van der Waals surface area contributed by atoms with Crippen LogP contribution in [0, 0.1) is 5.41 Å². The minimum absolute atomic E-state index is 0.000805. The molecular weight excluding hydrogens is 300 g/mol. The molecule has 2 heterocycles. The van der Waals surface area contributed by atoms with E-state index in [1.165, 1.54) is 24.3 Å². The molecule has 0 unspecified atom stereocenters. The molecule has 0 aliphatic carbocycles. The highest BCUT2D eigenvalue weighted by Crippen LogP contribution is 2.36. The molecule has 1 fully saturated rings. The van der Waals surface area contributed by atoms with Crippen LogP contribution in [0.25, 0.3) is 0 Å². The van der Waals surface area contributed by atoms with Crippen LogP contribution in [0.2, 0.25) is 0 Å². The number of pyridine rings is 1. The normalized spacial score (nSPS) is 24.3. The van der Waals surface area contributed by atoms with Crippen molar-refractivity contribution in [2.24, 2.45) is 5.41 Å². The zero-order valence-corrected chi connectivity index (χ0v) is 13.4. The highest BCUT2D eigenvalue weighted by atomic mass is 16.5. The Kier molecular flexibility index (Phi) is 5.20. The SMILES string of the molecule is CCC[C@@]1(C(=O)O)CN(C(=O)c2ccnc(OC)c2)CC[C@@H]1O. The molecule has 0 saturated carbocycles. The summed E-state index contributed by atoms with van der Waals surface area (Å²) in [6.07, 6.45) is 1.72. The summed E-state index contributed by atoms with van der Waals surface area (Å²) in [5, 5.41) is 19.8. The highest BCUT2D eigenvalue weighted by molar-refractivity contribution is 5.95. The number of methoxy groups -OCH3 is 1. The van der Waals surface area contributed by atoms with Crippen molar-refractivity contribution in [3.63, 3.8) is 0 Å². The third kappa shape index (κ3) is 3.29. The number of nitrogens with zero attached hydrogens (tertiary/aromatic N) is 2. The fraction of sp³-hybridized carbons (Fsp3) is 0.562. The molecule has 1 aliphatic heterocycles. The summed E-state index contributed by atoms with van der Waals surface area (Å²) >= 11 is 0. The Morgan fingerprint density at radius 2 is 2.26 bits per heavy atom. The maximum absolute atomic E-state index is 12.7. The Bertz CT molecular complexity index is 592. The van der Waals surface area contributed by atoms with Gasteiger partial charge in [0.05, 0.1) is 13.2 Å². The Labute approximate surface area is 134 Å². The van der Waals surface area contributed by atoms with E-state index in [1.807, 2.05) is 6.92 Å². The van der Waals surface area contributed by atoms with Crippen LogP contribution >= 0.6 is 0 Å². The van der Waals surface area contributed by atoms with Gasteiger partial charge in [0.25, 0.3) is 5.91 Å². The van der Waals surface area contributed by atoms with Gasteiger partial charge in [-0.1, -0.05) is 13.3 Å². The number of hydrogen-bond donors (Lipinski definition) is 2. The number of carbonyl (C=O) groups excluding carboxylic acids is 1. The van der Waals surface area contributed by atoms with Gasteiger partial charge in [0, 0.05) is 30.9 Å². The number of carboxylic acids is 1. The molecule has 2 atom stereocenters. The summed E-state index contributed by atoms with van der Waals surface area (Å²) in [5.41, 5.74) is -0.913.